The van der Waals surface area contributed by atoms with E-state index in [0.29, 0.717) is 11.5 Å². The molecule has 0 spiro atoms. The lowest BCUT2D eigenvalue weighted by Gasteiger charge is -2.21. The smallest absolute Gasteiger partial charge is 0.135 e. The number of hydrogen-bond acceptors (Lipinski definition) is 2. The van der Waals surface area contributed by atoms with Gasteiger partial charge in [0.15, 0.2) is 0 Å². The van der Waals surface area contributed by atoms with E-state index in [0.717, 1.165) is 12.2 Å². The van der Waals surface area contributed by atoms with Gasteiger partial charge in [0.25, 0.3) is 0 Å². The number of anilines is 1. The van der Waals surface area contributed by atoms with Crippen molar-refractivity contribution in [2.24, 2.45) is 11.7 Å². The van der Waals surface area contributed by atoms with Crippen LogP contribution in [0.1, 0.15) is 19.4 Å². The number of halogens is 1. The van der Waals surface area contributed by atoms with Gasteiger partial charge < -0.3 is 10.6 Å². The molecule has 0 radical (unpaired) electrons. The highest BCUT2D eigenvalue weighted by atomic mass is 32.1. The largest absolute Gasteiger partial charge is 0.389 e. The quantitative estimate of drug-likeness (QED) is 0.820. The summed E-state index contributed by atoms with van der Waals surface area (Å²) in [5.74, 6) is 0.170. The molecule has 0 unspecified atom stereocenters. The van der Waals surface area contributed by atoms with Crippen LogP contribution in [0, 0.1) is 11.7 Å². The van der Waals surface area contributed by atoms with E-state index in [1.54, 1.807) is 6.07 Å². The van der Waals surface area contributed by atoms with E-state index < -0.39 is 0 Å². The van der Waals surface area contributed by atoms with Crippen molar-refractivity contribution in [3.8, 4) is 0 Å². The molecular formula is C12H17FN2S. The van der Waals surface area contributed by atoms with Gasteiger partial charge in [0, 0.05) is 24.8 Å². The number of thiocarbonyl (C=S) groups is 1. The van der Waals surface area contributed by atoms with Crippen LogP contribution < -0.4 is 10.6 Å². The average molecular weight is 240 g/mol. The first kappa shape index (κ1) is 12.9. The predicted octanol–water partition coefficient (Wildman–Crippen LogP) is 2.55. The maximum atomic E-state index is 13.6. The Kier molecular flexibility index (Phi) is 4.24. The second-order valence-corrected chi connectivity index (χ2v) is 4.74. The van der Waals surface area contributed by atoms with Gasteiger partial charge in [-0.05, 0) is 24.1 Å². The Bertz CT molecular complexity index is 391. The SMILES string of the molecule is CC(C)CN(C)c1ccc(C(N)=S)c(F)c1. The molecule has 0 atom stereocenters. The Labute approximate surface area is 101 Å². The minimum atomic E-state index is -0.361. The van der Waals surface area contributed by atoms with E-state index in [2.05, 4.69) is 13.8 Å². The molecule has 88 valence electrons. The third-order valence-electron chi connectivity index (χ3n) is 2.30. The molecule has 0 aliphatic heterocycles. The molecule has 1 aromatic rings. The van der Waals surface area contributed by atoms with Crippen LogP contribution in [-0.4, -0.2) is 18.6 Å². The molecule has 0 bridgehead atoms. The molecule has 2 N–H and O–H groups in total. The minimum Gasteiger partial charge on any atom is -0.389 e. The minimum absolute atomic E-state index is 0.0931. The van der Waals surface area contributed by atoms with Gasteiger partial charge in [0.2, 0.25) is 0 Å². The molecular weight excluding hydrogens is 223 g/mol. The molecule has 0 fully saturated rings. The molecule has 0 aliphatic rings. The van der Waals surface area contributed by atoms with E-state index in [4.69, 9.17) is 18.0 Å². The summed E-state index contributed by atoms with van der Waals surface area (Å²) in [5.41, 5.74) is 6.54. The number of benzene rings is 1. The standard InChI is InChI=1S/C12H17FN2S/c1-8(2)7-15(3)9-4-5-10(12(14)16)11(13)6-9/h4-6,8H,7H2,1-3H3,(H2,14,16). The summed E-state index contributed by atoms with van der Waals surface area (Å²) >= 11 is 4.75. The molecule has 0 saturated heterocycles. The van der Waals surface area contributed by atoms with E-state index in [1.807, 2.05) is 18.0 Å². The molecule has 0 amide bonds. The molecule has 0 aromatic heterocycles. The van der Waals surface area contributed by atoms with Crippen LogP contribution in [0.2, 0.25) is 0 Å². The second-order valence-electron chi connectivity index (χ2n) is 4.30. The van der Waals surface area contributed by atoms with Gasteiger partial charge in [-0.1, -0.05) is 26.1 Å². The summed E-state index contributed by atoms with van der Waals surface area (Å²) in [6, 6.07) is 4.93. The van der Waals surface area contributed by atoms with E-state index in [1.165, 1.54) is 6.07 Å². The fourth-order valence-corrected chi connectivity index (χ4v) is 1.76. The summed E-state index contributed by atoms with van der Waals surface area (Å²) in [6.45, 7) is 5.12. The highest BCUT2D eigenvalue weighted by Gasteiger charge is 2.09. The van der Waals surface area contributed by atoms with Gasteiger partial charge >= 0.3 is 0 Å². The maximum Gasteiger partial charge on any atom is 0.135 e. The molecule has 0 saturated carbocycles. The van der Waals surface area contributed by atoms with Crippen LogP contribution in [0.25, 0.3) is 0 Å². The van der Waals surface area contributed by atoms with Crippen LogP contribution in [0.5, 0.6) is 0 Å². The zero-order valence-corrected chi connectivity index (χ0v) is 10.6. The monoisotopic (exact) mass is 240 g/mol. The summed E-state index contributed by atoms with van der Waals surface area (Å²) < 4.78 is 13.6. The van der Waals surface area contributed by atoms with Crippen molar-refractivity contribution in [3.63, 3.8) is 0 Å². The first-order valence-corrected chi connectivity index (χ1v) is 5.63. The lowest BCUT2D eigenvalue weighted by Crippen LogP contribution is -2.23. The first-order chi connectivity index (χ1) is 7.41. The Morgan fingerprint density at radius 3 is 2.56 bits per heavy atom. The van der Waals surface area contributed by atoms with Crippen molar-refractivity contribution in [3.05, 3.63) is 29.6 Å². The van der Waals surface area contributed by atoms with Crippen LogP contribution in [-0.2, 0) is 0 Å². The van der Waals surface area contributed by atoms with Gasteiger partial charge in [0.1, 0.15) is 10.8 Å². The molecule has 1 rings (SSSR count). The number of rotatable bonds is 4. The third kappa shape index (κ3) is 3.17. The van der Waals surface area contributed by atoms with Crippen LogP contribution in [0.3, 0.4) is 0 Å². The Hall–Kier alpha value is -1.16. The summed E-state index contributed by atoms with van der Waals surface area (Å²) in [7, 11) is 1.94. The Balaban J connectivity index is 2.92. The van der Waals surface area contributed by atoms with Gasteiger partial charge in [0.05, 0.1) is 0 Å². The van der Waals surface area contributed by atoms with Crippen molar-refractivity contribution in [1.29, 1.82) is 0 Å². The Morgan fingerprint density at radius 1 is 1.50 bits per heavy atom. The average Bonchev–Trinajstić information content (AvgIpc) is 2.15. The molecule has 16 heavy (non-hydrogen) atoms. The lowest BCUT2D eigenvalue weighted by atomic mass is 10.1. The van der Waals surface area contributed by atoms with Gasteiger partial charge in [-0.3, -0.25) is 0 Å². The van der Waals surface area contributed by atoms with Crippen molar-refractivity contribution in [2.45, 2.75) is 13.8 Å². The van der Waals surface area contributed by atoms with Gasteiger partial charge in [-0.15, -0.1) is 0 Å². The van der Waals surface area contributed by atoms with Crippen molar-refractivity contribution in [1.82, 2.24) is 0 Å². The molecule has 4 heteroatoms. The normalized spacial score (nSPS) is 10.6. The summed E-state index contributed by atoms with van der Waals surface area (Å²) in [6.07, 6.45) is 0. The number of nitrogens with two attached hydrogens (primary N) is 1. The van der Waals surface area contributed by atoms with Crippen molar-refractivity contribution < 1.29 is 4.39 Å². The lowest BCUT2D eigenvalue weighted by molar-refractivity contribution is 0.617. The second kappa shape index (κ2) is 5.25. The highest BCUT2D eigenvalue weighted by Crippen LogP contribution is 2.18. The Morgan fingerprint density at radius 2 is 2.12 bits per heavy atom. The topological polar surface area (TPSA) is 29.3 Å². The molecule has 2 nitrogen and oxygen atoms in total. The number of hydrogen-bond donors (Lipinski definition) is 1. The van der Waals surface area contributed by atoms with Crippen LogP contribution in [0.4, 0.5) is 10.1 Å². The van der Waals surface area contributed by atoms with Gasteiger partial charge in [-0.25, -0.2) is 4.39 Å². The molecule has 0 aliphatic carbocycles. The van der Waals surface area contributed by atoms with Gasteiger partial charge in [-0.2, -0.15) is 0 Å². The summed E-state index contributed by atoms with van der Waals surface area (Å²) in [5, 5.41) is 0. The maximum absolute atomic E-state index is 13.6. The van der Waals surface area contributed by atoms with E-state index in [-0.39, 0.29) is 10.8 Å². The molecule has 0 heterocycles. The highest BCUT2D eigenvalue weighted by molar-refractivity contribution is 7.80. The van der Waals surface area contributed by atoms with E-state index in [9.17, 15) is 4.39 Å². The zero-order valence-electron chi connectivity index (χ0n) is 9.83. The third-order valence-corrected chi connectivity index (χ3v) is 2.52. The fourth-order valence-electron chi connectivity index (χ4n) is 1.59. The van der Waals surface area contributed by atoms with Crippen LogP contribution in [0.15, 0.2) is 18.2 Å². The summed E-state index contributed by atoms with van der Waals surface area (Å²) in [4.78, 5) is 2.10. The zero-order chi connectivity index (χ0) is 12.3. The van der Waals surface area contributed by atoms with Crippen molar-refractivity contribution >= 4 is 22.9 Å². The van der Waals surface area contributed by atoms with Crippen LogP contribution >= 0.6 is 12.2 Å². The number of nitrogens with zero attached hydrogens (tertiary/aromatic N) is 1. The van der Waals surface area contributed by atoms with Crippen molar-refractivity contribution in [2.75, 3.05) is 18.5 Å². The fraction of sp³-hybridized carbons (Fsp3) is 0.417. The van der Waals surface area contributed by atoms with E-state index >= 15 is 0 Å². The first-order valence-electron chi connectivity index (χ1n) is 5.22. The predicted molar refractivity (Wildman–Crippen MR) is 70.4 cm³/mol. The molecule has 1 aromatic carbocycles.